The molecule has 1 N–H and O–H groups in total. The van der Waals surface area contributed by atoms with Gasteiger partial charge in [-0.1, -0.05) is 0 Å². The van der Waals surface area contributed by atoms with E-state index in [0.717, 1.165) is 0 Å². The zero-order valence-corrected chi connectivity index (χ0v) is 8.10. The van der Waals surface area contributed by atoms with E-state index in [1.165, 1.54) is 20.7 Å². The quantitative estimate of drug-likeness (QED) is 0.715. The highest BCUT2D eigenvalue weighted by atomic mass is 32.1. The molecule has 3 heteroatoms. The minimum absolute atomic E-state index is 1.27. The molecule has 0 spiro atoms. The largest absolute Gasteiger partial charge is 0.386 e. The van der Waals surface area contributed by atoms with E-state index < -0.39 is 0 Å². The highest BCUT2D eigenvalue weighted by Gasteiger charge is 2.05. The van der Waals surface area contributed by atoms with Gasteiger partial charge in [-0.2, -0.15) is 0 Å². The van der Waals surface area contributed by atoms with Crippen molar-refractivity contribution in [1.82, 2.24) is 0 Å². The van der Waals surface area contributed by atoms with Crippen molar-refractivity contribution in [1.29, 1.82) is 0 Å². The molecule has 0 radical (unpaired) electrons. The fourth-order valence-electron chi connectivity index (χ4n) is 1.11. The van der Waals surface area contributed by atoms with E-state index in [2.05, 4.69) is 23.0 Å². The molecule has 1 nitrogen and oxygen atoms in total. The Labute approximate surface area is 73.7 Å². The number of hydrogen-bond donors (Lipinski definition) is 1. The van der Waals surface area contributed by atoms with E-state index in [4.69, 9.17) is 0 Å². The second-order valence-electron chi connectivity index (χ2n) is 2.48. The number of aryl methyl sites for hydroxylation is 1. The van der Waals surface area contributed by atoms with Crippen LogP contribution in [0.5, 0.6) is 0 Å². The average molecular weight is 183 g/mol. The lowest BCUT2D eigenvalue weighted by molar-refractivity contribution is 1.59. The van der Waals surface area contributed by atoms with Gasteiger partial charge in [-0.3, -0.25) is 0 Å². The van der Waals surface area contributed by atoms with Crippen LogP contribution in [-0.2, 0) is 0 Å². The molecule has 0 aliphatic heterocycles. The normalized spacial score (nSPS) is 10.7. The fourth-order valence-corrected chi connectivity index (χ4v) is 3.45. The van der Waals surface area contributed by atoms with Crippen LogP contribution in [0.4, 0.5) is 5.69 Å². The van der Waals surface area contributed by atoms with Gasteiger partial charge < -0.3 is 5.32 Å². The highest BCUT2D eigenvalue weighted by molar-refractivity contribution is 7.27. The van der Waals surface area contributed by atoms with Gasteiger partial charge in [-0.25, -0.2) is 0 Å². The summed E-state index contributed by atoms with van der Waals surface area (Å²) in [5.74, 6) is 0. The third-order valence-corrected chi connectivity index (χ3v) is 4.10. The Balaban J connectivity index is 2.77. The van der Waals surface area contributed by atoms with Crippen molar-refractivity contribution in [2.75, 3.05) is 12.4 Å². The number of hydrogen-bond acceptors (Lipinski definition) is 3. The minimum Gasteiger partial charge on any atom is -0.386 e. The van der Waals surface area contributed by atoms with Crippen LogP contribution in [-0.4, -0.2) is 7.05 Å². The fraction of sp³-hybridized carbons (Fsp3) is 0.250. The summed E-state index contributed by atoms with van der Waals surface area (Å²) < 4.78 is 2.83. The Morgan fingerprint density at radius 3 is 2.64 bits per heavy atom. The second kappa shape index (κ2) is 2.50. The Kier molecular flexibility index (Phi) is 1.62. The summed E-state index contributed by atoms with van der Waals surface area (Å²) in [6.07, 6.45) is 0. The lowest BCUT2D eigenvalue weighted by atomic mass is 10.3. The lowest BCUT2D eigenvalue weighted by Gasteiger charge is -1.90. The van der Waals surface area contributed by atoms with Gasteiger partial charge in [-0.15, -0.1) is 22.7 Å². The summed E-state index contributed by atoms with van der Waals surface area (Å²) in [5, 5.41) is 7.57. The molecule has 0 atom stereocenters. The average Bonchev–Trinajstić information content (AvgIpc) is 2.53. The Morgan fingerprint density at radius 2 is 1.91 bits per heavy atom. The van der Waals surface area contributed by atoms with Gasteiger partial charge in [0.2, 0.25) is 0 Å². The smallest absolute Gasteiger partial charge is 0.0684 e. The molecule has 0 bridgehead atoms. The van der Waals surface area contributed by atoms with Gasteiger partial charge >= 0.3 is 0 Å². The van der Waals surface area contributed by atoms with Gasteiger partial charge in [-0.05, 0) is 17.9 Å². The molecule has 2 aromatic rings. The standard InChI is InChI=1S/C8H9NS2/c1-5-3-10-8-6(9-2)4-11-7(5)8/h3-4,9H,1-2H3. The number of nitrogens with one attached hydrogen (secondary N) is 1. The van der Waals surface area contributed by atoms with E-state index in [1.807, 2.05) is 29.7 Å². The third-order valence-electron chi connectivity index (χ3n) is 1.73. The molecule has 0 aliphatic rings. The summed E-state index contributed by atoms with van der Waals surface area (Å²) >= 11 is 3.64. The third kappa shape index (κ3) is 0.957. The molecule has 0 aromatic carbocycles. The molecular formula is C8H9NS2. The summed E-state index contributed by atoms with van der Waals surface area (Å²) in [6.45, 7) is 2.16. The Bertz CT molecular complexity index is 372. The van der Waals surface area contributed by atoms with Gasteiger partial charge in [0.25, 0.3) is 0 Å². The number of anilines is 1. The first-order chi connectivity index (χ1) is 5.33. The van der Waals surface area contributed by atoms with Crippen molar-refractivity contribution in [3.63, 3.8) is 0 Å². The van der Waals surface area contributed by atoms with Crippen LogP contribution < -0.4 is 5.32 Å². The predicted octanol–water partition coefficient (Wildman–Crippen LogP) is 3.31. The zero-order chi connectivity index (χ0) is 7.84. The summed E-state index contributed by atoms with van der Waals surface area (Å²) in [7, 11) is 1.97. The number of rotatable bonds is 1. The molecule has 2 aromatic heterocycles. The molecule has 0 saturated carbocycles. The monoisotopic (exact) mass is 183 g/mol. The maximum absolute atomic E-state index is 3.18. The second-order valence-corrected chi connectivity index (χ2v) is 4.24. The van der Waals surface area contributed by atoms with Crippen LogP contribution in [0.15, 0.2) is 10.8 Å². The van der Waals surface area contributed by atoms with Gasteiger partial charge in [0.05, 0.1) is 15.1 Å². The molecule has 0 unspecified atom stereocenters. The summed E-state index contributed by atoms with van der Waals surface area (Å²) in [4.78, 5) is 0. The first-order valence-corrected chi connectivity index (χ1v) is 5.22. The van der Waals surface area contributed by atoms with Crippen molar-refractivity contribution >= 4 is 37.8 Å². The van der Waals surface area contributed by atoms with E-state index in [-0.39, 0.29) is 0 Å². The van der Waals surface area contributed by atoms with Crippen LogP contribution in [0, 0.1) is 6.92 Å². The van der Waals surface area contributed by atoms with Crippen molar-refractivity contribution in [3.8, 4) is 0 Å². The molecule has 0 aliphatic carbocycles. The molecule has 2 rings (SSSR count). The van der Waals surface area contributed by atoms with Gasteiger partial charge in [0.1, 0.15) is 0 Å². The highest BCUT2D eigenvalue weighted by Crippen LogP contribution is 2.36. The Hall–Kier alpha value is -0.540. The van der Waals surface area contributed by atoms with E-state index in [9.17, 15) is 0 Å². The van der Waals surface area contributed by atoms with Crippen molar-refractivity contribution < 1.29 is 0 Å². The van der Waals surface area contributed by atoms with Crippen molar-refractivity contribution in [2.24, 2.45) is 0 Å². The molecule has 0 fully saturated rings. The van der Waals surface area contributed by atoms with E-state index in [0.29, 0.717) is 0 Å². The van der Waals surface area contributed by atoms with Crippen LogP contribution in [0.25, 0.3) is 9.40 Å². The Morgan fingerprint density at radius 1 is 1.18 bits per heavy atom. The molecule has 11 heavy (non-hydrogen) atoms. The van der Waals surface area contributed by atoms with Gasteiger partial charge in [0.15, 0.2) is 0 Å². The van der Waals surface area contributed by atoms with Crippen LogP contribution in [0.3, 0.4) is 0 Å². The first-order valence-electron chi connectivity index (χ1n) is 3.46. The molecule has 0 amide bonds. The van der Waals surface area contributed by atoms with Gasteiger partial charge in [0, 0.05) is 12.4 Å². The summed E-state index contributed by atoms with van der Waals surface area (Å²) in [5.41, 5.74) is 2.67. The first kappa shape index (κ1) is 7.13. The maximum atomic E-state index is 3.18. The minimum atomic E-state index is 1.27. The summed E-state index contributed by atoms with van der Waals surface area (Å²) in [6, 6.07) is 0. The maximum Gasteiger partial charge on any atom is 0.0684 e. The molecule has 0 saturated heterocycles. The van der Waals surface area contributed by atoms with Crippen molar-refractivity contribution in [2.45, 2.75) is 6.92 Å². The van der Waals surface area contributed by atoms with E-state index in [1.54, 1.807) is 0 Å². The van der Waals surface area contributed by atoms with Crippen molar-refractivity contribution in [3.05, 3.63) is 16.3 Å². The predicted molar refractivity (Wildman–Crippen MR) is 54.0 cm³/mol. The zero-order valence-electron chi connectivity index (χ0n) is 6.47. The van der Waals surface area contributed by atoms with Crippen LogP contribution in [0.1, 0.15) is 5.56 Å². The lowest BCUT2D eigenvalue weighted by Crippen LogP contribution is -1.82. The molecular weight excluding hydrogens is 174 g/mol. The van der Waals surface area contributed by atoms with Crippen LogP contribution >= 0.6 is 22.7 Å². The van der Waals surface area contributed by atoms with Crippen LogP contribution in [0.2, 0.25) is 0 Å². The topological polar surface area (TPSA) is 12.0 Å². The molecule has 2 heterocycles. The van der Waals surface area contributed by atoms with E-state index >= 15 is 0 Å². The molecule has 58 valence electrons. The number of thiophene rings is 2. The SMILES string of the molecule is CNc1csc2c(C)csc12. The number of fused-ring (bicyclic) bond motifs is 1.